The van der Waals surface area contributed by atoms with Crippen LogP contribution in [0, 0.1) is 12.8 Å². The van der Waals surface area contributed by atoms with Crippen LogP contribution in [-0.4, -0.2) is 31.1 Å². The third-order valence-corrected chi connectivity index (χ3v) is 3.43. The first-order chi connectivity index (χ1) is 8.50. The summed E-state index contributed by atoms with van der Waals surface area (Å²) in [5, 5.41) is 3.52. The number of benzene rings is 1. The molecule has 0 spiro atoms. The number of nitrogens with zero attached hydrogens (tertiary/aromatic N) is 1. The Kier molecular flexibility index (Phi) is 6.37. The van der Waals surface area contributed by atoms with Crippen molar-refractivity contribution < 1.29 is 0 Å². The second-order valence-corrected chi connectivity index (χ2v) is 5.74. The largest absolute Gasteiger partial charge is 0.315 e. The first-order valence-electron chi connectivity index (χ1n) is 6.96. The molecule has 0 bridgehead atoms. The molecule has 0 aliphatic heterocycles. The highest BCUT2D eigenvalue weighted by Gasteiger charge is 2.10. The lowest BCUT2D eigenvalue weighted by atomic mass is 10.1. The molecule has 1 atom stereocenters. The normalized spacial score (nSPS) is 13.3. The fraction of sp³-hybridized carbons (Fsp3) is 0.625. The van der Waals surface area contributed by atoms with Gasteiger partial charge in [-0.2, -0.15) is 0 Å². The minimum Gasteiger partial charge on any atom is -0.315 e. The molecule has 0 fully saturated rings. The van der Waals surface area contributed by atoms with E-state index in [1.54, 1.807) is 0 Å². The zero-order valence-corrected chi connectivity index (χ0v) is 12.5. The number of nitrogens with one attached hydrogen (secondary N) is 1. The van der Waals surface area contributed by atoms with E-state index in [9.17, 15) is 0 Å². The first kappa shape index (κ1) is 15.2. The van der Waals surface area contributed by atoms with E-state index in [0.29, 0.717) is 6.04 Å². The predicted octanol–water partition coefficient (Wildman–Crippen LogP) is 3.06. The number of rotatable bonds is 7. The summed E-state index contributed by atoms with van der Waals surface area (Å²) in [6.45, 7) is 12.1. The lowest BCUT2D eigenvalue weighted by Gasteiger charge is -2.26. The van der Waals surface area contributed by atoms with Crippen LogP contribution in [0.15, 0.2) is 24.3 Å². The van der Waals surface area contributed by atoms with E-state index in [2.05, 4.69) is 69.2 Å². The summed E-state index contributed by atoms with van der Waals surface area (Å²) in [4.78, 5) is 2.41. The van der Waals surface area contributed by atoms with Crippen LogP contribution in [-0.2, 0) is 6.54 Å². The van der Waals surface area contributed by atoms with Crippen molar-refractivity contribution in [1.29, 1.82) is 0 Å². The topological polar surface area (TPSA) is 15.3 Å². The van der Waals surface area contributed by atoms with Crippen molar-refractivity contribution in [3.05, 3.63) is 35.4 Å². The lowest BCUT2D eigenvalue weighted by Crippen LogP contribution is -2.38. The van der Waals surface area contributed by atoms with Gasteiger partial charge in [0.25, 0.3) is 0 Å². The van der Waals surface area contributed by atoms with Crippen molar-refractivity contribution in [2.24, 2.45) is 5.92 Å². The molecular formula is C16H28N2. The molecule has 18 heavy (non-hydrogen) atoms. The second-order valence-electron chi connectivity index (χ2n) is 5.74. The molecule has 1 N–H and O–H groups in total. The van der Waals surface area contributed by atoms with E-state index in [0.717, 1.165) is 25.6 Å². The van der Waals surface area contributed by atoms with Crippen molar-refractivity contribution >= 4 is 0 Å². The van der Waals surface area contributed by atoms with Crippen LogP contribution in [0.1, 0.15) is 31.9 Å². The molecule has 0 aromatic heterocycles. The van der Waals surface area contributed by atoms with E-state index >= 15 is 0 Å². The van der Waals surface area contributed by atoms with Gasteiger partial charge in [-0.15, -0.1) is 0 Å². The molecule has 1 aromatic carbocycles. The summed E-state index contributed by atoms with van der Waals surface area (Å²) >= 11 is 0. The third-order valence-electron chi connectivity index (χ3n) is 3.43. The zero-order chi connectivity index (χ0) is 13.5. The highest BCUT2D eigenvalue weighted by atomic mass is 15.1. The summed E-state index contributed by atoms with van der Waals surface area (Å²) in [6, 6.07) is 9.19. The van der Waals surface area contributed by atoms with Gasteiger partial charge in [-0.05, 0) is 44.5 Å². The number of aryl methyl sites for hydroxylation is 1. The van der Waals surface area contributed by atoms with Gasteiger partial charge in [-0.3, -0.25) is 4.90 Å². The van der Waals surface area contributed by atoms with Crippen LogP contribution in [0.3, 0.4) is 0 Å². The highest BCUT2D eigenvalue weighted by Crippen LogP contribution is 2.10. The molecule has 0 saturated carbocycles. The molecular weight excluding hydrogens is 220 g/mol. The minimum atomic E-state index is 0.559. The van der Waals surface area contributed by atoms with E-state index in [4.69, 9.17) is 0 Å². The van der Waals surface area contributed by atoms with Crippen molar-refractivity contribution in [1.82, 2.24) is 10.2 Å². The quantitative estimate of drug-likeness (QED) is 0.798. The molecule has 102 valence electrons. The molecule has 2 nitrogen and oxygen atoms in total. The van der Waals surface area contributed by atoms with Gasteiger partial charge in [0.05, 0.1) is 0 Å². The summed E-state index contributed by atoms with van der Waals surface area (Å²) in [5.74, 6) is 0.721. The van der Waals surface area contributed by atoms with E-state index in [-0.39, 0.29) is 0 Å². The van der Waals surface area contributed by atoms with Gasteiger partial charge in [-0.25, -0.2) is 0 Å². The average Bonchev–Trinajstić information content (AvgIpc) is 2.31. The van der Waals surface area contributed by atoms with Gasteiger partial charge in [0.15, 0.2) is 0 Å². The van der Waals surface area contributed by atoms with Gasteiger partial charge in [-0.1, -0.05) is 38.1 Å². The Morgan fingerprint density at radius 1 is 1.11 bits per heavy atom. The fourth-order valence-corrected chi connectivity index (χ4v) is 1.95. The van der Waals surface area contributed by atoms with Gasteiger partial charge in [0.1, 0.15) is 0 Å². The Hall–Kier alpha value is -0.860. The standard InChI is InChI=1S/C16H28N2/c1-13(2)10-17-11-15(4)18(5)12-16-9-7-6-8-14(16)3/h6-9,13,15,17H,10-12H2,1-5H3. The SMILES string of the molecule is Cc1ccccc1CN(C)C(C)CNCC(C)C. The van der Waals surface area contributed by atoms with E-state index in [1.807, 2.05) is 0 Å². The Labute approximate surface area is 112 Å². The van der Waals surface area contributed by atoms with E-state index in [1.165, 1.54) is 11.1 Å². The van der Waals surface area contributed by atoms with Crippen molar-refractivity contribution in [2.45, 2.75) is 40.3 Å². The molecule has 0 heterocycles. The fourth-order valence-electron chi connectivity index (χ4n) is 1.95. The van der Waals surface area contributed by atoms with Crippen LogP contribution in [0.2, 0.25) is 0 Å². The maximum atomic E-state index is 3.52. The maximum Gasteiger partial charge on any atom is 0.0236 e. The molecule has 2 heteroatoms. The van der Waals surface area contributed by atoms with Crippen molar-refractivity contribution in [2.75, 3.05) is 20.1 Å². The smallest absolute Gasteiger partial charge is 0.0236 e. The van der Waals surface area contributed by atoms with E-state index < -0.39 is 0 Å². The van der Waals surface area contributed by atoms with Crippen LogP contribution < -0.4 is 5.32 Å². The highest BCUT2D eigenvalue weighted by molar-refractivity contribution is 5.25. The molecule has 0 aliphatic rings. The van der Waals surface area contributed by atoms with Gasteiger partial charge < -0.3 is 5.32 Å². The lowest BCUT2D eigenvalue weighted by molar-refractivity contribution is 0.241. The minimum absolute atomic E-state index is 0.559. The summed E-state index contributed by atoms with van der Waals surface area (Å²) in [6.07, 6.45) is 0. The van der Waals surface area contributed by atoms with Crippen molar-refractivity contribution in [3.63, 3.8) is 0 Å². The Balaban J connectivity index is 2.40. The molecule has 0 aliphatic carbocycles. The Morgan fingerprint density at radius 3 is 2.39 bits per heavy atom. The first-order valence-corrected chi connectivity index (χ1v) is 6.96. The van der Waals surface area contributed by atoms with Crippen LogP contribution in [0.4, 0.5) is 0 Å². The molecule has 1 rings (SSSR count). The molecule has 0 radical (unpaired) electrons. The summed E-state index contributed by atoms with van der Waals surface area (Å²) in [7, 11) is 2.20. The Bertz CT molecular complexity index is 347. The van der Waals surface area contributed by atoms with Gasteiger partial charge >= 0.3 is 0 Å². The van der Waals surface area contributed by atoms with Crippen LogP contribution >= 0.6 is 0 Å². The van der Waals surface area contributed by atoms with Crippen LogP contribution in [0.5, 0.6) is 0 Å². The maximum absolute atomic E-state index is 3.52. The van der Waals surface area contributed by atoms with Gasteiger partial charge in [0, 0.05) is 19.1 Å². The Morgan fingerprint density at radius 2 is 1.78 bits per heavy atom. The van der Waals surface area contributed by atoms with Crippen LogP contribution in [0.25, 0.3) is 0 Å². The molecule has 0 amide bonds. The zero-order valence-electron chi connectivity index (χ0n) is 12.5. The number of hydrogen-bond donors (Lipinski definition) is 1. The summed E-state index contributed by atoms with van der Waals surface area (Å²) in [5.41, 5.74) is 2.81. The monoisotopic (exact) mass is 248 g/mol. The predicted molar refractivity (Wildman–Crippen MR) is 79.8 cm³/mol. The molecule has 1 aromatic rings. The second kappa shape index (κ2) is 7.55. The molecule has 1 unspecified atom stereocenters. The van der Waals surface area contributed by atoms with Crippen molar-refractivity contribution in [3.8, 4) is 0 Å². The average molecular weight is 248 g/mol. The molecule has 0 saturated heterocycles. The summed E-state index contributed by atoms with van der Waals surface area (Å²) < 4.78 is 0. The number of likely N-dealkylation sites (N-methyl/N-ethyl adjacent to an activating group) is 1. The number of hydrogen-bond acceptors (Lipinski definition) is 2. The van der Waals surface area contributed by atoms with Gasteiger partial charge in [0.2, 0.25) is 0 Å². The third kappa shape index (κ3) is 5.19.